The third-order valence-corrected chi connectivity index (χ3v) is 5.53. The van der Waals surface area contributed by atoms with E-state index in [4.69, 9.17) is 10.1 Å². The number of anilines is 2. The number of pyridine rings is 2. The van der Waals surface area contributed by atoms with E-state index in [0.717, 1.165) is 47.2 Å². The van der Waals surface area contributed by atoms with Crippen LogP contribution in [0.3, 0.4) is 0 Å². The Labute approximate surface area is 264 Å². The fraction of sp³-hybridized carbons (Fsp3) is 0.241. The molecule has 0 saturated heterocycles. The van der Waals surface area contributed by atoms with Crippen molar-refractivity contribution in [1.82, 2.24) is 9.97 Å². The molecule has 2 aromatic carbocycles. The molecule has 0 aliphatic heterocycles. The van der Waals surface area contributed by atoms with Crippen LogP contribution in [-0.2, 0) is 12.8 Å². The maximum atomic E-state index is 10.9. The largest absolute Gasteiger partial charge is 1.00 e. The Kier molecular flexibility index (Phi) is 19.6. The standard InChI is InChI=1S/C15H17N3O.C14H16N2.ClH.HNO2.Na/c1-12-3-7-15(8-4-12)18(17-19)10-9-14-6-5-13(2)16-11-14;1-12-4-6-14(7-5-12)16-10-8-13-3-2-9-15-11-13;;2-1-3;/h3-8,11H,9-10H2,1-2H3;2-7,9,11,16H,8,10H2,1H3;1H;(H,2,3);/q;;;;+1/p-1. The molecular weight excluding hydrogens is 539 g/mol. The monoisotopic (exact) mass is 572 g/mol. The molecule has 0 radical (unpaired) electrons. The minimum absolute atomic E-state index is 0. The molecule has 0 spiro atoms. The van der Waals surface area contributed by atoms with Crippen LogP contribution in [0.1, 0.15) is 27.9 Å². The Morgan fingerprint density at radius 1 is 0.825 bits per heavy atom. The summed E-state index contributed by atoms with van der Waals surface area (Å²) in [6.07, 6.45) is 7.30. The van der Waals surface area contributed by atoms with Gasteiger partial charge < -0.3 is 15.4 Å². The van der Waals surface area contributed by atoms with Gasteiger partial charge in [-0.15, -0.1) is 22.7 Å². The Balaban J connectivity index is 0.000000669. The molecule has 0 unspecified atom stereocenters. The van der Waals surface area contributed by atoms with Gasteiger partial charge in [0, 0.05) is 43.1 Å². The molecule has 9 nitrogen and oxygen atoms in total. The Morgan fingerprint density at radius 2 is 1.43 bits per heavy atom. The van der Waals surface area contributed by atoms with Crippen molar-refractivity contribution in [3.05, 3.63) is 134 Å². The third kappa shape index (κ3) is 14.7. The van der Waals surface area contributed by atoms with E-state index in [9.17, 15) is 4.91 Å². The Morgan fingerprint density at radius 3 is 1.95 bits per heavy atom. The summed E-state index contributed by atoms with van der Waals surface area (Å²) in [5.74, 6) is 0. The molecule has 2 heterocycles. The van der Waals surface area contributed by atoms with E-state index in [1.165, 1.54) is 21.8 Å². The van der Waals surface area contributed by atoms with Gasteiger partial charge in [-0.25, -0.2) is 5.01 Å². The minimum Gasteiger partial charge on any atom is -0.444 e. The molecule has 1 N–H and O–H groups in total. The van der Waals surface area contributed by atoms with Crippen LogP contribution in [0.15, 0.2) is 102 Å². The summed E-state index contributed by atoms with van der Waals surface area (Å²) in [6, 6.07) is 24.3. The molecule has 0 fully saturated rings. The molecule has 0 amide bonds. The molecule has 0 bridgehead atoms. The van der Waals surface area contributed by atoms with Crippen molar-refractivity contribution >= 4 is 23.8 Å². The molecule has 11 heteroatoms. The summed E-state index contributed by atoms with van der Waals surface area (Å²) in [5, 5.41) is 16.9. The first-order valence-corrected chi connectivity index (χ1v) is 12.2. The zero-order chi connectivity index (χ0) is 27.6. The van der Waals surface area contributed by atoms with Crippen molar-refractivity contribution in [3.63, 3.8) is 0 Å². The second kappa shape index (κ2) is 21.5. The molecule has 4 rings (SSSR count). The van der Waals surface area contributed by atoms with Crippen LogP contribution in [0.4, 0.5) is 11.4 Å². The summed E-state index contributed by atoms with van der Waals surface area (Å²) in [5.41, 5.74) is 7.81. The molecule has 2 aromatic heterocycles. The van der Waals surface area contributed by atoms with Crippen molar-refractivity contribution in [1.29, 1.82) is 0 Å². The number of aryl methyl sites for hydroxylation is 3. The van der Waals surface area contributed by atoms with E-state index in [1.54, 1.807) is 6.20 Å². The van der Waals surface area contributed by atoms with Gasteiger partial charge in [0.1, 0.15) is 0 Å². The first-order valence-electron chi connectivity index (χ1n) is 12.2. The zero-order valence-corrected chi connectivity index (χ0v) is 26.2. The summed E-state index contributed by atoms with van der Waals surface area (Å²) in [7, 11) is 0. The van der Waals surface area contributed by atoms with Crippen LogP contribution >= 0.6 is 12.4 Å². The molecule has 0 atom stereocenters. The predicted molar refractivity (Wildman–Crippen MR) is 161 cm³/mol. The topological polar surface area (TPSA) is 123 Å². The number of aromatic nitrogens is 2. The van der Waals surface area contributed by atoms with Crippen molar-refractivity contribution in [2.24, 2.45) is 10.6 Å². The van der Waals surface area contributed by atoms with Gasteiger partial charge in [-0.05, 0) is 81.1 Å². The quantitative estimate of drug-likeness (QED) is 0.181. The van der Waals surface area contributed by atoms with E-state index >= 15 is 0 Å². The first kappa shape index (κ1) is 36.6. The molecule has 40 heavy (non-hydrogen) atoms. The number of nitroso groups, excluding NO2 is 1. The van der Waals surface area contributed by atoms with Crippen LogP contribution in [-0.4, -0.2) is 23.1 Å². The molecule has 206 valence electrons. The van der Waals surface area contributed by atoms with Gasteiger partial charge in [-0.3, -0.25) is 9.97 Å². The normalized spacial score (nSPS) is 9.18. The van der Waals surface area contributed by atoms with Gasteiger partial charge in [0.05, 0.1) is 11.0 Å². The SMILES string of the molecule is Cc1ccc(N(CCc2ccc(C)nc2)N=O)cc1.Cc1ccc(NCCc2cccnc2)cc1.Cl.O=N[O-].[Na+]. The maximum Gasteiger partial charge on any atom is 1.00 e. The molecule has 4 aromatic rings. The predicted octanol–water partition coefficient (Wildman–Crippen LogP) is 4.15. The zero-order valence-electron chi connectivity index (χ0n) is 23.4. The van der Waals surface area contributed by atoms with E-state index < -0.39 is 0 Å². The second-order valence-electron chi connectivity index (χ2n) is 8.58. The van der Waals surface area contributed by atoms with Crippen molar-refractivity contribution in [2.75, 3.05) is 23.4 Å². The average molecular weight is 573 g/mol. The van der Waals surface area contributed by atoms with Gasteiger partial charge in [0.2, 0.25) is 0 Å². The number of hydrogen-bond donors (Lipinski definition) is 1. The van der Waals surface area contributed by atoms with Crippen LogP contribution < -0.4 is 39.9 Å². The molecule has 0 aliphatic carbocycles. The maximum absolute atomic E-state index is 10.9. The number of nitrogens with zero attached hydrogens (tertiary/aromatic N) is 5. The van der Waals surface area contributed by atoms with Gasteiger partial charge in [0.15, 0.2) is 0 Å². The summed E-state index contributed by atoms with van der Waals surface area (Å²) < 4.78 is 0. The van der Waals surface area contributed by atoms with E-state index in [1.807, 2.05) is 68.7 Å². The van der Waals surface area contributed by atoms with Gasteiger partial charge in [-0.1, -0.05) is 47.5 Å². The Bertz CT molecular complexity index is 1220. The first-order chi connectivity index (χ1) is 18.4. The van der Waals surface area contributed by atoms with E-state index in [-0.39, 0.29) is 42.0 Å². The van der Waals surface area contributed by atoms with Crippen LogP contribution in [0, 0.1) is 35.8 Å². The smallest absolute Gasteiger partial charge is 0.444 e. The van der Waals surface area contributed by atoms with Crippen LogP contribution in [0.2, 0.25) is 0 Å². The van der Waals surface area contributed by atoms with E-state index in [0.29, 0.717) is 6.54 Å². The molecule has 0 aliphatic rings. The number of benzene rings is 2. The minimum atomic E-state index is 0. The summed E-state index contributed by atoms with van der Waals surface area (Å²) in [4.78, 5) is 27.3. The number of rotatable bonds is 9. The average Bonchev–Trinajstić information content (AvgIpc) is 2.93. The fourth-order valence-electron chi connectivity index (χ4n) is 3.38. The Hall–Kier alpha value is -3.37. The van der Waals surface area contributed by atoms with Gasteiger partial charge >= 0.3 is 29.6 Å². The summed E-state index contributed by atoms with van der Waals surface area (Å²) in [6.45, 7) is 7.56. The molecular formula is C29H34ClN6NaO3. The second-order valence-corrected chi connectivity index (χ2v) is 8.58. The van der Waals surface area contributed by atoms with Crippen molar-refractivity contribution < 1.29 is 29.6 Å². The van der Waals surface area contributed by atoms with Crippen LogP contribution in [0.25, 0.3) is 0 Å². The van der Waals surface area contributed by atoms with Crippen molar-refractivity contribution in [3.8, 4) is 0 Å². The molecule has 0 saturated carbocycles. The van der Waals surface area contributed by atoms with Gasteiger partial charge in [-0.2, -0.15) is 0 Å². The van der Waals surface area contributed by atoms with Gasteiger partial charge in [0.25, 0.3) is 0 Å². The number of halogens is 1. The third-order valence-electron chi connectivity index (χ3n) is 5.53. The van der Waals surface area contributed by atoms with Crippen LogP contribution in [0.5, 0.6) is 0 Å². The number of hydrogen-bond acceptors (Lipinski definition) is 8. The van der Waals surface area contributed by atoms with E-state index in [2.05, 4.69) is 57.8 Å². The number of nitrogens with one attached hydrogen (secondary N) is 1. The summed E-state index contributed by atoms with van der Waals surface area (Å²) >= 11 is 0. The fourth-order valence-corrected chi connectivity index (χ4v) is 3.38. The van der Waals surface area contributed by atoms with Crippen molar-refractivity contribution in [2.45, 2.75) is 33.6 Å².